The number of methoxy groups -OCH3 is 2. The SMILES string of the molecule is CCCCCCCCCC(CCCCCC=O)N(CCCCCCCC(=O)OC)C(=O)CCCN(C)C.CCCCCCCCCC(CCCCCCO)N(CCCCCCCC(=O)OC)C(=O)CCCN(C)C. The molecule has 2 unspecified atom stereocenters. The number of rotatable bonds is 54. The zero-order valence-corrected chi connectivity index (χ0v) is 50.1. The topological polar surface area (TPSA) is 137 Å². The maximum Gasteiger partial charge on any atom is 0.305 e. The van der Waals surface area contributed by atoms with E-state index in [4.69, 9.17) is 14.6 Å². The molecule has 438 valence electrons. The van der Waals surface area contributed by atoms with E-state index in [1.807, 2.05) is 0 Å². The number of aliphatic hydroxyl groups excluding tert-OH is 1. The Balaban J connectivity index is 0. The van der Waals surface area contributed by atoms with Gasteiger partial charge in [0.15, 0.2) is 0 Å². The summed E-state index contributed by atoms with van der Waals surface area (Å²) in [6, 6.07) is 0.661. The Hall–Kier alpha value is -2.57. The number of nitrogens with zero attached hydrogens (tertiary/aromatic N) is 4. The molecule has 0 saturated carbocycles. The van der Waals surface area contributed by atoms with Crippen molar-refractivity contribution in [2.75, 3.05) is 75.2 Å². The van der Waals surface area contributed by atoms with E-state index in [1.165, 1.54) is 104 Å². The van der Waals surface area contributed by atoms with Crippen LogP contribution in [0.5, 0.6) is 0 Å². The zero-order valence-electron chi connectivity index (χ0n) is 50.1. The second-order valence-electron chi connectivity index (χ2n) is 22.0. The Kier molecular flexibility index (Phi) is 56.2. The van der Waals surface area contributed by atoms with Gasteiger partial charge in [0, 0.05) is 63.9 Å². The third-order valence-electron chi connectivity index (χ3n) is 14.6. The Bertz CT molecular complexity index is 1270. The second kappa shape index (κ2) is 56.6. The summed E-state index contributed by atoms with van der Waals surface area (Å²) in [6.45, 7) is 8.38. The average Bonchev–Trinajstić information content (AvgIpc) is 3.38. The lowest BCUT2D eigenvalue weighted by Gasteiger charge is -2.33. The molecular formula is C62H122N4O8. The van der Waals surface area contributed by atoms with Gasteiger partial charge >= 0.3 is 11.9 Å². The predicted octanol–water partition coefficient (Wildman–Crippen LogP) is 14.5. The van der Waals surface area contributed by atoms with Crippen LogP contribution in [0.15, 0.2) is 0 Å². The Morgan fingerprint density at radius 2 is 0.703 bits per heavy atom. The van der Waals surface area contributed by atoms with E-state index in [2.05, 4.69) is 61.6 Å². The monoisotopic (exact) mass is 1050 g/mol. The first-order chi connectivity index (χ1) is 35.9. The first kappa shape index (κ1) is 73.5. The van der Waals surface area contributed by atoms with Gasteiger partial charge in [-0.2, -0.15) is 0 Å². The van der Waals surface area contributed by atoms with Crippen molar-refractivity contribution < 1.29 is 38.6 Å². The van der Waals surface area contributed by atoms with Crippen LogP contribution in [-0.2, 0) is 33.4 Å². The number of esters is 2. The lowest BCUT2D eigenvalue weighted by Crippen LogP contribution is -2.41. The van der Waals surface area contributed by atoms with Crippen LogP contribution in [0.2, 0.25) is 0 Å². The van der Waals surface area contributed by atoms with Gasteiger partial charge in [-0.25, -0.2) is 0 Å². The molecule has 0 aromatic carbocycles. The Morgan fingerprint density at radius 3 is 1.03 bits per heavy atom. The molecule has 0 aromatic rings. The number of hydrogen-bond acceptors (Lipinski definition) is 10. The summed E-state index contributed by atoms with van der Waals surface area (Å²) in [7, 11) is 11.1. The Morgan fingerprint density at radius 1 is 0.392 bits per heavy atom. The molecule has 0 spiro atoms. The molecule has 2 amide bonds. The summed E-state index contributed by atoms with van der Waals surface area (Å²) in [5, 5.41) is 9.11. The smallest absolute Gasteiger partial charge is 0.305 e. The van der Waals surface area contributed by atoms with Gasteiger partial charge in [-0.15, -0.1) is 0 Å². The quantitative estimate of drug-likeness (QED) is 0.0356. The fourth-order valence-corrected chi connectivity index (χ4v) is 9.99. The summed E-state index contributed by atoms with van der Waals surface area (Å²) in [4.78, 5) is 68.9. The lowest BCUT2D eigenvalue weighted by atomic mass is 9.98. The molecule has 0 fully saturated rings. The van der Waals surface area contributed by atoms with E-state index in [9.17, 15) is 24.0 Å². The van der Waals surface area contributed by atoms with Crippen LogP contribution < -0.4 is 0 Å². The van der Waals surface area contributed by atoms with Crippen molar-refractivity contribution in [3.8, 4) is 0 Å². The van der Waals surface area contributed by atoms with E-state index in [0.717, 1.165) is 180 Å². The highest BCUT2D eigenvalue weighted by Gasteiger charge is 2.24. The molecule has 0 aliphatic rings. The minimum absolute atomic E-state index is 0.123. The largest absolute Gasteiger partial charge is 0.469 e. The third kappa shape index (κ3) is 49.0. The zero-order chi connectivity index (χ0) is 55.1. The molecule has 0 heterocycles. The highest BCUT2D eigenvalue weighted by molar-refractivity contribution is 5.77. The summed E-state index contributed by atoms with van der Waals surface area (Å²) in [5.74, 6) is 0.391. The first-order valence-corrected chi connectivity index (χ1v) is 31.0. The lowest BCUT2D eigenvalue weighted by molar-refractivity contribution is -0.141. The first-order valence-electron chi connectivity index (χ1n) is 31.0. The van der Waals surface area contributed by atoms with Gasteiger partial charge in [0.1, 0.15) is 6.29 Å². The van der Waals surface area contributed by atoms with Crippen LogP contribution in [0.1, 0.15) is 284 Å². The van der Waals surface area contributed by atoms with Gasteiger partial charge in [-0.1, -0.05) is 174 Å². The molecule has 0 rings (SSSR count). The maximum absolute atomic E-state index is 13.4. The van der Waals surface area contributed by atoms with Gasteiger partial charge in [0.05, 0.1) is 14.2 Å². The van der Waals surface area contributed by atoms with Crippen LogP contribution in [-0.4, -0.2) is 142 Å². The van der Waals surface area contributed by atoms with Crippen molar-refractivity contribution in [3.63, 3.8) is 0 Å². The van der Waals surface area contributed by atoms with E-state index in [1.54, 1.807) is 0 Å². The van der Waals surface area contributed by atoms with Crippen LogP contribution >= 0.6 is 0 Å². The fraction of sp³-hybridized carbons (Fsp3) is 0.919. The molecule has 12 heteroatoms. The van der Waals surface area contributed by atoms with Gasteiger partial charge in [-0.3, -0.25) is 19.2 Å². The van der Waals surface area contributed by atoms with Crippen molar-refractivity contribution in [3.05, 3.63) is 0 Å². The van der Waals surface area contributed by atoms with Gasteiger partial charge in [-0.05, 0) is 118 Å². The summed E-state index contributed by atoms with van der Waals surface area (Å²) >= 11 is 0. The number of unbranched alkanes of at least 4 members (excludes halogenated alkanes) is 26. The predicted molar refractivity (Wildman–Crippen MR) is 311 cm³/mol. The number of amides is 2. The molecule has 0 aromatic heterocycles. The van der Waals surface area contributed by atoms with Crippen LogP contribution in [0, 0.1) is 0 Å². The number of aliphatic hydroxyl groups is 1. The highest BCUT2D eigenvalue weighted by atomic mass is 16.5. The minimum atomic E-state index is -0.129. The second-order valence-corrected chi connectivity index (χ2v) is 22.0. The number of ether oxygens (including phenoxy) is 2. The van der Waals surface area contributed by atoms with E-state index < -0.39 is 0 Å². The minimum Gasteiger partial charge on any atom is -0.469 e. The average molecular weight is 1050 g/mol. The van der Waals surface area contributed by atoms with Gasteiger partial charge < -0.3 is 39.0 Å². The highest BCUT2D eigenvalue weighted by Crippen LogP contribution is 2.23. The van der Waals surface area contributed by atoms with Crippen molar-refractivity contribution in [2.24, 2.45) is 0 Å². The van der Waals surface area contributed by atoms with E-state index >= 15 is 0 Å². The number of aldehydes is 1. The molecular weight excluding hydrogens is 929 g/mol. The molecule has 0 radical (unpaired) electrons. The Labute approximate surface area is 457 Å². The van der Waals surface area contributed by atoms with E-state index in [-0.39, 0.29) is 18.5 Å². The summed E-state index contributed by atoms with van der Waals surface area (Å²) in [5.41, 5.74) is 0. The van der Waals surface area contributed by atoms with Crippen LogP contribution in [0.4, 0.5) is 0 Å². The molecule has 74 heavy (non-hydrogen) atoms. The van der Waals surface area contributed by atoms with Crippen molar-refractivity contribution in [1.82, 2.24) is 19.6 Å². The maximum atomic E-state index is 13.4. The molecule has 0 bridgehead atoms. The van der Waals surface area contributed by atoms with Crippen LogP contribution in [0.25, 0.3) is 0 Å². The van der Waals surface area contributed by atoms with Crippen molar-refractivity contribution in [1.29, 1.82) is 0 Å². The fourth-order valence-electron chi connectivity index (χ4n) is 9.99. The molecule has 0 aliphatic heterocycles. The van der Waals surface area contributed by atoms with Crippen LogP contribution in [0.3, 0.4) is 0 Å². The summed E-state index contributed by atoms with van der Waals surface area (Å²) in [6.07, 6.45) is 45.8. The normalized spacial score (nSPS) is 12.1. The summed E-state index contributed by atoms with van der Waals surface area (Å²) < 4.78 is 9.45. The van der Waals surface area contributed by atoms with Gasteiger partial charge in [0.25, 0.3) is 0 Å². The van der Waals surface area contributed by atoms with Crippen molar-refractivity contribution in [2.45, 2.75) is 296 Å². The van der Waals surface area contributed by atoms with E-state index in [0.29, 0.717) is 56.0 Å². The number of carbonyl (C=O) groups excluding carboxylic acids is 5. The standard InChI is InChI=1S/C31H62N2O4.C31H60N2O4/c2*1-5-6-7-8-9-11-16-22-29(23-17-13-15-20-28-34)33(30(35)24-21-26-32(2)3)27-19-14-10-12-18-25-31(36)37-4/h29,34H,5-28H2,1-4H3;28-29H,5-27H2,1-4H3. The third-order valence-corrected chi connectivity index (χ3v) is 14.6. The molecule has 2 atom stereocenters. The van der Waals surface area contributed by atoms with Crippen molar-refractivity contribution >= 4 is 30.0 Å². The van der Waals surface area contributed by atoms with Gasteiger partial charge in [0.2, 0.25) is 11.8 Å². The number of carbonyl (C=O) groups is 5. The number of hydrogen-bond donors (Lipinski definition) is 1. The molecule has 12 nitrogen and oxygen atoms in total. The molecule has 0 saturated heterocycles. The molecule has 1 N–H and O–H groups in total. The molecule has 0 aliphatic carbocycles.